The summed E-state index contributed by atoms with van der Waals surface area (Å²) in [6, 6.07) is 15.7. The molecule has 0 saturated heterocycles. The number of hydrogen-bond donors (Lipinski definition) is 4. The second-order valence-corrected chi connectivity index (χ2v) is 6.69. The molecule has 7 nitrogen and oxygen atoms in total. The number of nitrogens with one attached hydrogen (secondary N) is 1. The molecule has 0 spiro atoms. The van der Waals surface area contributed by atoms with Crippen LogP contribution in [0.3, 0.4) is 0 Å². The second-order valence-electron chi connectivity index (χ2n) is 6.28. The van der Waals surface area contributed by atoms with Crippen molar-refractivity contribution < 1.29 is 9.90 Å². The Morgan fingerprint density at radius 1 is 1.21 bits per heavy atom. The van der Waals surface area contributed by atoms with Crippen LogP contribution in [0.4, 0.5) is 11.5 Å². The minimum Gasteiger partial charge on any atom is -0.507 e. The SMILES string of the molecule is N#Cc1c(-c2ccc(Cl)c(NCCC(N)=O)c2)cc(-c2ccccc2O)nc1N. The molecule has 0 aliphatic heterocycles. The van der Waals surface area contributed by atoms with E-state index in [1.165, 1.54) is 0 Å². The van der Waals surface area contributed by atoms with Crippen molar-refractivity contribution in [3.63, 3.8) is 0 Å². The van der Waals surface area contributed by atoms with Crippen LogP contribution in [-0.2, 0) is 4.79 Å². The van der Waals surface area contributed by atoms with E-state index in [1.54, 1.807) is 48.5 Å². The summed E-state index contributed by atoms with van der Waals surface area (Å²) in [4.78, 5) is 15.2. The van der Waals surface area contributed by atoms with E-state index >= 15 is 0 Å². The summed E-state index contributed by atoms with van der Waals surface area (Å²) in [6.45, 7) is 0.325. The molecule has 0 aliphatic carbocycles. The molecule has 8 heteroatoms. The van der Waals surface area contributed by atoms with Crippen LogP contribution in [0.15, 0.2) is 48.5 Å². The number of phenolic OH excluding ortho intramolecular Hbond substituents is 1. The maximum Gasteiger partial charge on any atom is 0.219 e. The lowest BCUT2D eigenvalue weighted by molar-refractivity contribution is -0.117. The first-order chi connectivity index (χ1) is 13.9. The van der Waals surface area contributed by atoms with Crippen LogP contribution in [0.2, 0.25) is 5.02 Å². The lowest BCUT2D eigenvalue weighted by atomic mass is 9.97. The zero-order valence-corrected chi connectivity index (χ0v) is 16.1. The van der Waals surface area contributed by atoms with E-state index in [-0.39, 0.29) is 23.6 Å². The monoisotopic (exact) mass is 407 g/mol. The van der Waals surface area contributed by atoms with Gasteiger partial charge in [0.25, 0.3) is 0 Å². The van der Waals surface area contributed by atoms with Gasteiger partial charge >= 0.3 is 0 Å². The number of nitriles is 1. The van der Waals surface area contributed by atoms with Crippen molar-refractivity contribution in [2.75, 3.05) is 17.6 Å². The van der Waals surface area contributed by atoms with E-state index in [9.17, 15) is 15.2 Å². The second kappa shape index (κ2) is 8.50. The van der Waals surface area contributed by atoms with Gasteiger partial charge in [-0.1, -0.05) is 29.8 Å². The average Bonchev–Trinajstić information content (AvgIpc) is 2.69. The highest BCUT2D eigenvalue weighted by atomic mass is 35.5. The van der Waals surface area contributed by atoms with Gasteiger partial charge in [0.05, 0.1) is 16.4 Å². The van der Waals surface area contributed by atoms with Gasteiger partial charge in [-0.15, -0.1) is 0 Å². The first kappa shape index (κ1) is 20.0. The Bertz CT molecular complexity index is 1120. The maximum atomic E-state index is 11.0. The van der Waals surface area contributed by atoms with Crippen LogP contribution in [-0.4, -0.2) is 22.5 Å². The molecule has 1 amide bonds. The normalized spacial score (nSPS) is 10.3. The van der Waals surface area contributed by atoms with E-state index in [0.29, 0.717) is 39.6 Å². The number of halogens is 1. The predicted octanol–water partition coefficient (Wildman–Crippen LogP) is 3.52. The Balaban J connectivity index is 2.09. The van der Waals surface area contributed by atoms with Crippen molar-refractivity contribution >= 4 is 29.0 Å². The van der Waals surface area contributed by atoms with Crippen LogP contribution >= 0.6 is 11.6 Å². The molecule has 29 heavy (non-hydrogen) atoms. The molecule has 3 aromatic rings. The Hall–Kier alpha value is -3.76. The van der Waals surface area contributed by atoms with Crippen molar-refractivity contribution in [3.8, 4) is 34.2 Å². The van der Waals surface area contributed by atoms with E-state index < -0.39 is 5.91 Å². The van der Waals surface area contributed by atoms with E-state index in [2.05, 4.69) is 16.4 Å². The standard InChI is InChI=1S/C21H18ClN5O2/c22-16-6-5-12(9-18(16)26-8-7-20(24)29)14-10-17(27-21(25)15(14)11-23)13-3-1-2-4-19(13)28/h1-6,9-10,26,28H,7-8H2,(H2,24,29)(H2,25,27). The number of nitrogens with two attached hydrogens (primary N) is 2. The van der Waals surface area contributed by atoms with Gasteiger partial charge in [0, 0.05) is 24.1 Å². The predicted molar refractivity (Wildman–Crippen MR) is 113 cm³/mol. The topological polar surface area (TPSA) is 138 Å². The Kier molecular flexibility index (Phi) is 5.86. The van der Waals surface area contributed by atoms with Gasteiger partial charge in [0.2, 0.25) is 5.91 Å². The Morgan fingerprint density at radius 3 is 2.66 bits per heavy atom. The number of aromatic hydroxyl groups is 1. The Morgan fingerprint density at radius 2 is 1.97 bits per heavy atom. The number of primary amides is 1. The van der Waals surface area contributed by atoms with Gasteiger partial charge in [0.1, 0.15) is 23.2 Å². The molecular weight excluding hydrogens is 390 g/mol. The largest absolute Gasteiger partial charge is 0.507 e. The molecule has 1 aromatic heterocycles. The molecule has 0 aliphatic rings. The molecule has 3 rings (SSSR count). The Labute approximate surface area is 172 Å². The minimum absolute atomic E-state index is 0.0555. The lowest BCUT2D eigenvalue weighted by Crippen LogP contribution is -2.15. The molecule has 6 N–H and O–H groups in total. The van der Waals surface area contributed by atoms with Gasteiger partial charge < -0.3 is 21.9 Å². The van der Waals surface area contributed by atoms with E-state index in [4.69, 9.17) is 23.1 Å². The summed E-state index contributed by atoms with van der Waals surface area (Å²) in [5.74, 6) is -0.313. The van der Waals surface area contributed by atoms with Gasteiger partial charge in [-0.3, -0.25) is 4.79 Å². The third-order valence-electron chi connectivity index (χ3n) is 4.30. The van der Waals surface area contributed by atoms with Crippen molar-refractivity contribution in [1.29, 1.82) is 5.26 Å². The molecule has 0 bridgehead atoms. The number of pyridine rings is 1. The van der Waals surface area contributed by atoms with Crippen molar-refractivity contribution in [1.82, 2.24) is 4.98 Å². The molecule has 0 atom stereocenters. The minimum atomic E-state index is -0.425. The molecule has 0 fully saturated rings. The summed E-state index contributed by atoms with van der Waals surface area (Å²) in [5, 5.41) is 23.3. The number of hydrogen-bond acceptors (Lipinski definition) is 6. The fraction of sp³-hybridized carbons (Fsp3) is 0.0952. The summed E-state index contributed by atoms with van der Waals surface area (Å²) >= 11 is 6.24. The molecule has 0 saturated carbocycles. The molecular formula is C21H18ClN5O2. The van der Waals surface area contributed by atoms with Crippen LogP contribution in [0.5, 0.6) is 5.75 Å². The number of benzene rings is 2. The first-order valence-corrected chi connectivity index (χ1v) is 9.09. The van der Waals surface area contributed by atoms with E-state index in [0.717, 1.165) is 0 Å². The number of amides is 1. The van der Waals surface area contributed by atoms with Crippen LogP contribution in [0, 0.1) is 11.3 Å². The highest BCUT2D eigenvalue weighted by Crippen LogP contribution is 2.36. The fourth-order valence-electron chi connectivity index (χ4n) is 2.89. The smallest absolute Gasteiger partial charge is 0.219 e. The molecule has 2 aromatic carbocycles. The summed E-state index contributed by atoms with van der Waals surface area (Å²) in [7, 11) is 0. The number of para-hydroxylation sites is 1. The van der Waals surface area contributed by atoms with Gasteiger partial charge in [0.15, 0.2) is 0 Å². The van der Waals surface area contributed by atoms with Gasteiger partial charge in [-0.2, -0.15) is 5.26 Å². The van der Waals surface area contributed by atoms with E-state index in [1.807, 2.05) is 0 Å². The summed E-state index contributed by atoms with van der Waals surface area (Å²) < 4.78 is 0. The third-order valence-corrected chi connectivity index (χ3v) is 4.63. The number of anilines is 2. The summed E-state index contributed by atoms with van der Waals surface area (Å²) in [5.41, 5.74) is 14.2. The number of rotatable bonds is 6. The maximum absolute atomic E-state index is 11.0. The average molecular weight is 408 g/mol. The summed E-state index contributed by atoms with van der Waals surface area (Å²) in [6.07, 6.45) is 0.156. The van der Waals surface area contributed by atoms with Crippen molar-refractivity contribution in [3.05, 3.63) is 59.1 Å². The highest BCUT2D eigenvalue weighted by molar-refractivity contribution is 6.33. The molecule has 0 unspecified atom stereocenters. The first-order valence-electron chi connectivity index (χ1n) is 8.71. The lowest BCUT2D eigenvalue weighted by Gasteiger charge is -2.13. The molecule has 0 radical (unpaired) electrons. The number of phenols is 1. The number of carbonyl (C=O) groups excluding carboxylic acids is 1. The number of aromatic nitrogens is 1. The zero-order valence-electron chi connectivity index (χ0n) is 15.3. The third kappa shape index (κ3) is 4.39. The van der Waals surface area contributed by atoms with Crippen molar-refractivity contribution in [2.24, 2.45) is 5.73 Å². The number of nitrogen functional groups attached to an aromatic ring is 1. The fourth-order valence-corrected chi connectivity index (χ4v) is 3.07. The molecule has 146 valence electrons. The van der Waals surface area contributed by atoms with Gasteiger partial charge in [-0.05, 0) is 35.9 Å². The van der Waals surface area contributed by atoms with Crippen molar-refractivity contribution in [2.45, 2.75) is 6.42 Å². The quantitative estimate of drug-likeness (QED) is 0.493. The number of nitrogens with zero attached hydrogens (tertiary/aromatic N) is 2. The number of carbonyl (C=O) groups is 1. The highest BCUT2D eigenvalue weighted by Gasteiger charge is 2.16. The van der Waals surface area contributed by atoms with Crippen LogP contribution < -0.4 is 16.8 Å². The van der Waals surface area contributed by atoms with Crippen LogP contribution in [0.1, 0.15) is 12.0 Å². The van der Waals surface area contributed by atoms with Gasteiger partial charge in [-0.25, -0.2) is 4.98 Å². The molecule has 1 heterocycles. The van der Waals surface area contributed by atoms with Crippen LogP contribution in [0.25, 0.3) is 22.4 Å². The zero-order chi connectivity index (χ0) is 21.0.